The number of oxime groups is 1. The summed E-state index contributed by atoms with van der Waals surface area (Å²) < 4.78 is 5.10. The van der Waals surface area contributed by atoms with Crippen molar-refractivity contribution in [3.8, 4) is 0 Å². The zero-order chi connectivity index (χ0) is 7.40. The first kappa shape index (κ1) is 7.54. The lowest BCUT2D eigenvalue weighted by molar-refractivity contribution is 0.133. The van der Waals surface area contributed by atoms with Crippen LogP contribution < -0.4 is 0 Å². The predicted molar refractivity (Wildman–Crippen MR) is 38.5 cm³/mol. The van der Waals surface area contributed by atoms with Gasteiger partial charge in [0.15, 0.2) is 0 Å². The summed E-state index contributed by atoms with van der Waals surface area (Å²) in [7, 11) is 1.65. The summed E-state index contributed by atoms with van der Waals surface area (Å²) in [4.78, 5) is 0. The molecule has 0 aromatic heterocycles. The highest BCUT2D eigenvalue weighted by Gasteiger charge is 2.19. The summed E-state index contributed by atoms with van der Waals surface area (Å²) in [5.74, 6) is 0. The zero-order valence-corrected chi connectivity index (χ0v) is 6.21. The highest BCUT2D eigenvalue weighted by molar-refractivity contribution is 5.88. The summed E-state index contributed by atoms with van der Waals surface area (Å²) >= 11 is 0. The van der Waals surface area contributed by atoms with Crippen LogP contribution in [0.4, 0.5) is 0 Å². The lowest BCUT2D eigenvalue weighted by atomic mass is 9.96. The maximum atomic E-state index is 8.50. The summed E-state index contributed by atoms with van der Waals surface area (Å²) in [5, 5.41) is 11.7. The monoisotopic (exact) mass is 143 g/mol. The van der Waals surface area contributed by atoms with E-state index < -0.39 is 0 Å². The highest BCUT2D eigenvalue weighted by atomic mass is 16.5. The van der Waals surface area contributed by atoms with Crippen molar-refractivity contribution < 1.29 is 9.94 Å². The molecule has 0 aromatic rings. The van der Waals surface area contributed by atoms with Crippen LogP contribution in [0.25, 0.3) is 0 Å². The molecule has 1 rings (SSSR count). The van der Waals surface area contributed by atoms with Gasteiger partial charge in [0.1, 0.15) is 0 Å². The molecule has 1 N–H and O–H groups in total. The third kappa shape index (κ3) is 1.48. The average Bonchev–Trinajstić information content (AvgIpc) is 2.04. The van der Waals surface area contributed by atoms with Crippen LogP contribution in [0.3, 0.4) is 0 Å². The van der Waals surface area contributed by atoms with Crippen LogP contribution in [0.15, 0.2) is 5.16 Å². The Bertz CT molecular complexity index is 134. The summed E-state index contributed by atoms with van der Waals surface area (Å²) in [6.07, 6.45) is 4.25. The van der Waals surface area contributed by atoms with Gasteiger partial charge in [-0.3, -0.25) is 0 Å². The lowest BCUT2D eigenvalue weighted by Crippen LogP contribution is -2.26. The molecular weight excluding hydrogens is 130 g/mol. The normalized spacial score (nSPS) is 30.9. The first-order chi connectivity index (χ1) is 4.88. The molecule has 1 atom stereocenters. The SMILES string of the molecule is CO[C@@H]1CCCC/C1=N\O. The minimum atomic E-state index is 0.0683. The maximum absolute atomic E-state index is 8.50. The first-order valence-electron chi connectivity index (χ1n) is 3.62. The Morgan fingerprint density at radius 3 is 2.90 bits per heavy atom. The molecule has 0 saturated heterocycles. The van der Waals surface area contributed by atoms with E-state index in [-0.39, 0.29) is 6.10 Å². The van der Waals surface area contributed by atoms with Crippen molar-refractivity contribution in [3.05, 3.63) is 0 Å². The van der Waals surface area contributed by atoms with Gasteiger partial charge >= 0.3 is 0 Å². The number of hydrogen-bond donors (Lipinski definition) is 1. The number of nitrogens with zero attached hydrogens (tertiary/aromatic N) is 1. The second-order valence-electron chi connectivity index (χ2n) is 2.56. The minimum Gasteiger partial charge on any atom is -0.411 e. The molecule has 58 valence electrons. The Morgan fingerprint density at radius 1 is 1.60 bits per heavy atom. The minimum absolute atomic E-state index is 0.0683. The topological polar surface area (TPSA) is 41.8 Å². The van der Waals surface area contributed by atoms with Crippen LogP contribution in [-0.4, -0.2) is 24.1 Å². The van der Waals surface area contributed by atoms with Crippen LogP contribution >= 0.6 is 0 Å². The molecule has 3 heteroatoms. The fraction of sp³-hybridized carbons (Fsp3) is 0.857. The van der Waals surface area contributed by atoms with E-state index >= 15 is 0 Å². The number of ether oxygens (including phenoxy) is 1. The third-order valence-electron chi connectivity index (χ3n) is 1.93. The van der Waals surface area contributed by atoms with Gasteiger partial charge in [-0.05, 0) is 19.3 Å². The molecule has 1 aliphatic carbocycles. The largest absolute Gasteiger partial charge is 0.411 e. The Kier molecular flexibility index (Phi) is 2.68. The van der Waals surface area contributed by atoms with Gasteiger partial charge in [0.25, 0.3) is 0 Å². The van der Waals surface area contributed by atoms with Crippen molar-refractivity contribution in [1.82, 2.24) is 0 Å². The lowest BCUT2D eigenvalue weighted by Gasteiger charge is -2.20. The van der Waals surface area contributed by atoms with Gasteiger partial charge in [-0.25, -0.2) is 0 Å². The molecule has 3 nitrogen and oxygen atoms in total. The number of methoxy groups -OCH3 is 1. The molecule has 0 bridgehead atoms. The van der Waals surface area contributed by atoms with Crippen LogP contribution in [-0.2, 0) is 4.74 Å². The van der Waals surface area contributed by atoms with E-state index in [4.69, 9.17) is 9.94 Å². The molecule has 10 heavy (non-hydrogen) atoms. The van der Waals surface area contributed by atoms with Crippen LogP contribution in [0, 0.1) is 0 Å². The quantitative estimate of drug-likeness (QED) is 0.445. The predicted octanol–water partition coefficient (Wildman–Crippen LogP) is 1.41. The Hall–Kier alpha value is -0.570. The number of rotatable bonds is 1. The van der Waals surface area contributed by atoms with E-state index in [9.17, 15) is 0 Å². The maximum Gasteiger partial charge on any atom is 0.0985 e. The zero-order valence-electron chi connectivity index (χ0n) is 6.21. The van der Waals surface area contributed by atoms with Gasteiger partial charge in [0.2, 0.25) is 0 Å². The summed E-state index contributed by atoms with van der Waals surface area (Å²) in [5.41, 5.74) is 0.800. The van der Waals surface area contributed by atoms with Crippen molar-refractivity contribution in [2.45, 2.75) is 31.8 Å². The Balaban J connectivity index is 2.50. The molecule has 1 aliphatic rings. The molecule has 0 unspecified atom stereocenters. The highest BCUT2D eigenvalue weighted by Crippen LogP contribution is 2.17. The summed E-state index contributed by atoms with van der Waals surface area (Å²) in [6, 6.07) is 0. The van der Waals surface area contributed by atoms with Crippen LogP contribution in [0.2, 0.25) is 0 Å². The van der Waals surface area contributed by atoms with Crippen molar-refractivity contribution >= 4 is 5.71 Å². The van der Waals surface area contributed by atoms with Crippen LogP contribution in [0.1, 0.15) is 25.7 Å². The van der Waals surface area contributed by atoms with Gasteiger partial charge in [-0.2, -0.15) is 0 Å². The van der Waals surface area contributed by atoms with E-state index in [0.717, 1.165) is 25.0 Å². The van der Waals surface area contributed by atoms with E-state index in [0.29, 0.717) is 0 Å². The average molecular weight is 143 g/mol. The van der Waals surface area contributed by atoms with Crippen LogP contribution in [0.5, 0.6) is 0 Å². The molecule has 1 fully saturated rings. The summed E-state index contributed by atoms with van der Waals surface area (Å²) in [6.45, 7) is 0. The molecule has 1 saturated carbocycles. The second-order valence-corrected chi connectivity index (χ2v) is 2.56. The Labute approximate surface area is 60.7 Å². The molecular formula is C7H13NO2. The van der Waals surface area contributed by atoms with Gasteiger partial charge in [-0.1, -0.05) is 11.6 Å². The molecule has 0 heterocycles. The van der Waals surface area contributed by atoms with Crippen molar-refractivity contribution in [3.63, 3.8) is 0 Å². The number of hydrogen-bond acceptors (Lipinski definition) is 3. The molecule has 0 amide bonds. The van der Waals surface area contributed by atoms with Gasteiger partial charge in [-0.15, -0.1) is 0 Å². The molecule has 0 aliphatic heterocycles. The third-order valence-corrected chi connectivity index (χ3v) is 1.93. The van der Waals surface area contributed by atoms with Gasteiger partial charge < -0.3 is 9.94 Å². The smallest absolute Gasteiger partial charge is 0.0985 e. The molecule has 0 radical (unpaired) electrons. The fourth-order valence-electron chi connectivity index (χ4n) is 1.33. The standard InChI is InChI=1S/C7H13NO2/c1-10-7-5-3-2-4-6(7)8-9/h7,9H,2-5H2,1H3/b8-6+/t7-/m1/s1. The van der Waals surface area contributed by atoms with E-state index in [2.05, 4.69) is 5.16 Å². The van der Waals surface area contributed by atoms with Crippen molar-refractivity contribution in [1.29, 1.82) is 0 Å². The second kappa shape index (κ2) is 3.56. The van der Waals surface area contributed by atoms with Gasteiger partial charge in [0.05, 0.1) is 11.8 Å². The Morgan fingerprint density at radius 2 is 2.40 bits per heavy atom. The van der Waals surface area contributed by atoms with E-state index in [1.807, 2.05) is 0 Å². The van der Waals surface area contributed by atoms with Crippen molar-refractivity contribution in [2.75, 3.05) is 7.11 Å². The van der Waals surface area contributed by atoms with Crippen molar-refractivity contribution in [2.24, 2.45) is 5.16 Å². The fourth-order valence-corrected chi connectivity index (χ4v) is 1.33. The molecule has 0 spiro atoms. The first-order valence-corrected chi connectivity index (χ1v) is 3.62. The van der Waals surface area contributed by atoms with Gasteiger partial charge in [0, 0.05) is 7.11 Å². The molecule has 0 aromatic carbocycles. The van der Waals surface area contributed by atoms with E-state index in [1.165, 1.54) is 6.42 Å². The van der Waals surface area contributed by atoms with E-state index in [1.54, 1.807) is 7.11 Å².